The summed E-state index contributed by atoms with van der Waals surface area (Å²) >= 11 is 0. The lowest BCUT2D eigenvalue weighted by atomic mass is 9.92. The molecule has 0 saturated carbocycles. The van der Waals surface area contributed by atoms with E-state index in [2.05, 4.69) is 69.2 Å². The first-order chi connectivity index (χ1) is 39.0. The average Bonchev–Trinajstić information content (AvgIpc) is 4.24. The maximum atomic E-state index is 13.7. The Morgan fingerprint density at radius 3 is 1.60 bits per heavy atom. The van der Waals surface area contributed by atoms with Crippen molar-refractivity contribution >= 4 is 50.7 Å². The van der Waals surface area contributed by atoms with Gasteiger partial charge in [-0.2, -0.15) is 4.39 Å². The van der Waals surface area contributed by atoms with Gasteiger partial charge in [0.2, 0.25) is 5.95 Å². The lowest BCUT2D eigenvalue weighted by Crippen LogP contribution is -2.45. The Hall–Kier alpha value is -7.38. The Morgan fingerprint density at radius 2 is 1.09 bits per heavy atom. The van der Waals surface area contributed by atoms with Gasteiger partial charge in [-0.3, -0.25) is 9.97 Å². The van der Waals surface area contributed by atoms with Gasteiger partial charge in [-0.25, -0.2) is 39.5 Å². The van der Waals surface area contributed by atoms with E-state index in [1.165, 1.54) is 18.6 Å². The zero-order chi connectivity index (χ0) is 57.2. The molecule has 0 radical (unpaired) electrons. The topological polar surface area (TPSA) is 217 Å². The van der Waals surface area contributed by atoms with Crippen molar-refractivity contribution < 1.29 is 32.9 Å². The quantitative estimate of drug-likeness (QED) is 0.0624. The molecule has 2 N–H and O–H groups in total. The number of fused-ring (bicyclic) bond motifs is 2. The number of halogens is 1. The molecule has 2 saturated heterocycles. The van der Waals surface area contributed by atoms with Crippen LogP contribution in [-0.2, 0) is 52.0 Å². The van der Waals surface area contributed by atoms with E-state index in [-0.39, 0.29) is 36.4 Å². The molecule has 0 unspecified atom stereocenters. The smallest absolute Gasteiger partial charge is 0.410 e. The van der Waals surface area contributed by atoms with Crippen LogP contribution in [0.2, 0.25) is 51.4 Å². The molecular weight excluding hydrogens is 1060 g/mol. The number of hydrogen-bond donors (Lipinski definition) is 1. The van der Waals surface area contributed by atoms with E-state index in [0.717, 1.165) is 91.2 Å². The normalized spacial score (nSPS) is 15.6. The molecule has 2 amide bonds. The summed E-state index contributed by atoms with van der Waals surface area (Å²) in [4.78, 5) is 63.3. The van der Waals surface area contributed by atoms with Crippen molar-refractivity contribution in [3.05, 3.63) is 145 Å². The molecule has 22 heteroatoms. The number of benzene rings is 2. The third-order valence-electron chi connectivity index (χ3n) is 13.7. The van der Waals surface area contributed by atoms with Gasteiger partial charge in [0.1, 0.15) is 60.5 Å². The fraction of sp³-hybridized carbons (Fsp3) is 0.424. The first kappa shape index (κ1) is 59.7. The summed E-state index contributed by atoms with van der Waals surface area (Å²) in [5.41, 5.74) is 13.5. The number of rotatable bonds is 18. The summed E-state index contributed by atoms with van der Waals surface area (Å²) in [6, 6.07) is 25.6. The maximum absolute atomic E-state index is 13.7. The van der Waals surface area contributed by atoms with Gasteiger partial charge in [-0.15, -0.1) is 0 Å². The van der Waals surface area contributed by atoms with Gasteiger partial charge in [0.15, 0.2) is 11.3 Å². The largest absolute Gasteiger partial charge is 0.445 e. The molecule has 0 bridgehead atoms. The number of carbonyl (C=O) groups is 2. The van der Waals surface area contributed by atoms with E-state index in [1.54, 1.807) is 23.5 Å². The minimum Gasteiger partial charge on any atom is -0.445 e. The van der Waals surface area contributed by atoms with Crippen molar-refractivity contribution in [2.45, 2.75) is 116 Å². The van der Waals surface area contributed by atoms with Crippen LogP contribution in [0.5, 0.6) is 0 Å². The second kappa shape index (κ2) is 28.9. The average molecular weight is 1140 g/mol. The Balaban J connectivity index is 0.000000177. The molecule has 2 aromatic carbocycles. The Kier molecular flexibility index (Phi) is 21.3. The molecule has 2 aliphatic rings. The van der Waals surface area contributed by atoms with Gasteiger partial charge >= 0.3 is 12.2 Å². The van der Waals surface area contributed by atoms with Gasteiger partial charge in [-0.05, 0) is 73.4 Å². The summed E-state index contributed by atoms with van der Waals surface area (Å²) in [6.45, 7) is 19.7. The third kappa shape index (κ3) is 18.3. The lowest BCUT2D eigenvalue weighted by molar-refractivity contribution is 0.0789. The summed E-state index contributed by atoms with van der Waals surface area (Å²) in [7, 11) is -2.22. The molecule has 2 atom stereocenters. The van der Waals surface area contributed by atoms with E-state index in [0.29, 0.717) is 68.7 Å². The molecule has 19 nitrogen and oxygen atoms in total. The molecule has 8 heterocycles. The van der Waals surface area contributed by atoms with Crippen molar-refractivity contribution in [3.8, 4) is 22.8 Å². The highest BCUT2D eigenvalue weighted by Crippen LogP contribution is 2.27. The highest BCUT2D eigenvalue weighted by Gasteiger charge is 2.27. The highest BCUT2D eigenvalue weighted by molar-refractivity contribution is 6.76. The molecule has 10 rings (SSSR count). The van der Waals surface area contributed by atoms with Gasteiger partial charge in [0.25, 0.3) is 0 Å². The minimum absolute atomic E-state index is 0.0908. The van der Waals surface area contributed by atoms with E-state index in [4.69, 9.17) is 34.6 Å². The molecular formula is C59H76FN13O6Si2. The van der Waals surface area contributed by atoms with Gasteiger partial charge in [-0.1, -0.05) is 99.9 Å². The fourth-order valence-electron chi connectivity index (χ4n) is 9.13. The maximum Gasteiger partial charge on any atom is 0.410 e. The van der Waals surface area contributed by atoms with Gasteiger partial charge in [0.05, 0.1) is 18.1 Å². The number of carbonyl (C=O) groups excluding carboxylic acids is 2. The number of amides is 2. The van der Waals surface area contributed by atoms with Gasteiger partial charge in [0, 0.05) is 98.8 Å². The highest BCUT2D eigenvalue weighted by atomic mass is 28.3. The van der Waals surface area contributed by atoms with Crippen LogP contribution in [0.25, 0.3) is 45.1 Å². The zero-order valence-corrected chi connectivity index (χ0v) is 49.5. The summed E-state index contributed by atoms with van der Waals surface area (Å²) in [5, 5.41) is 0. The van der Waals surface area contributed by atoms with Crippen LogP contribution in [0.15, 0.2) is 122 Å². The number of ether oxygens (including phenoxy) is 4. The number of nitrogens with zero attached hydrogens (tertiary/aromatic N) is 12. The fourth-order valence-corrected chi connectivity index (χ4v) is 10.6. The SMILES string of the molecule is C[Si](C)(C)CCOCn1ccc2nc(-c3nccnc3C[C@H]3CCCN(C(=O)OCc4ccccc4)C3)cnc21.C[Si](C)(C)CCOCn1ccc2nc(-c3nccnc3F)cnc21.N[C@H]1CCCN(C(=O)OCc2ccccc2)C1. The van der Waals surface area contributed by atoms with Crippen LogP contribution in [0.1, 0.15) is 42.5 Å². The second-order valence-electron chi connectivity index (χ2n) is 22.8. The van der Waals surface area contributed by atoms with Crippen LogP contribution >= 0.6 is 0 Å². The molecule has 6 aromatic heterocycles. The van der Waals surface area contributed by atoms with Gasteiger partial charge < -0.3 is 43.6 Å². The minimum atomic E-state index is -1.13. The predicted octanol–water partition coefficient (Wildman–Crippen LogP) is 10.9. The Labute approximate surface area is 475 Å². The summed E-state index contributed by atoms with van der Waals surface area (Å²) < 4.78 is 40.1. The molecule has 81 heavy (non-hydrogen) atoms. The lowest BCUT2D eigenvalue weighted by Gasteiger charge is -2.32. The standard InChI is InChI=1S/C30H38N6O3Si.C16H20FN5OSi.C13H18N2O2/c1-40(2,3)17-16-38-22-36-15-11-25-29(36)33-19-27(34-25)28-26(31-12-13-32-28)18-24-10-7-14-35(20-24)30(37)39-21-23-8-5-4-6-9-23;1-24(2,3)9-8-23-11-22-7-4-12-16(22)20-10-13(21-12)14-15(17)19-6-5-18-14;14-12-7-4-8-15(9-12)13(16)17-10-11-5-2-1-3-6-11/h4-6,8-9,11-13,15,19,24H,7,10,14,16-18,20-22H2,1-3H3;4-7,10H,8-9,11H2,1-3H3;1-3,5-6,12H,4,7-10,14H2/t24-;;12-/m1.0/s1. The van der Waals surface area contributed by atoms with Crippen molar-refractivity contribution in [2.75, 3.05) is 39.4 Å². The van der Waals surface area contributed by atoms with E-state index in [9.17, 15) is 14.0 Å². The molecule has 2 aliphatic heterocycles. The van der Waals surface area contributed by atoms with Crippen LogP contribution in [0.4, 0.5) is 14.0 Å². The monoisotopic (exact) mass is 1140 g/mol. The molecule has 428 valence electrons. The summed E-state index contributed by atoms with van der Waals surface area (Å²) in [5.74, 6) is -0.389. The number of piperidine rings is 2. The first-order valence-corrected chi connectivity index (χ1v) is 35.2. The Morgan fingerprint density at radius 1 is 0.605 bits per heavy atom. The van der Waals surface area contributed by atoms with Crippen LogP contribution in [0.3, 0.4) is 0 Å². The third-order valence-corrected chi connectivity index (χ3v) is 17.1. The van der Waals surface area contributed by atoms with Crippen molar-refractivity contribution in [2.24, 2.45) is 11.7 Å². The van der Waals surface area contributed by atoms with Crippen LogP contribution < -0.4 is 5.73 Å². The van der Waals surface area contributed by atoms with Crippen molar-refractivity contribution in [3.63, 3.8) is 0 Å². The predicted molar refractivity (Wildman–Crippen MR) is 315 cm³/mol. The second-order valence-corrected chi connectivity index (χ2v) is 34.1. The van der Waals surface area contributed by atoms with E-state index >= 15 is 0 Å². The number of nitrogens with two attached hydrogens (primary N) is 1. The molecule has 0 aliphatic carbocycles. The first-order valence-electron chi connectivity index (χ1n) is 27.8. The Bertz CT molecular complexity index is 3270. The zero-order valence-electron chi connectivity index (χ0n) is 47.5. The van der Waals surface area contributed by atoms with Crippen LogP contribution in [-0.4, -0.2) is 133 Å². The molecule has 8 aromatic rings. The van der Waals surface area contributed by atoms with E-state index in [1.807, 2.05) is 99.2 Å². The number of likely N-dealkylation sites (tertiary alicyclic amines) is 2. The van der Waals surface area contributed by atoms with Crippen molar-refractivity contribution in [1.29, 1.82) is 0 Å². The van der Waals surface area contributed by atoms with E-state index < -0.39 is 22.1 Å². The van der Waals surface area contributed by atoms with Crippen LogP contribution in [0, 0.1) is 11.9 Å². The summed E-state index contributed by atoms with van der Waals surface area (Å²) in [6.07, 6.45) is 17.3. The number of aromatic nitrogens is 10. The van der Waals surface area contributed by atoms with Crippen molar-refractivity contribution in [1.82, 2.24) is 58.8 Å². The number of hydrogen-bond acceptors (Lipinski definition) is 15. The molecule has 0 spiro atoms. The molecule has 2 fully saturated rings.